The molecule has 0 fully saturated rings. The standard InChI is InChI=1S/C10H13N3O2S2/c1-8-2-4-9(5-3-8)17(14,15)13-12-10-11-6-7-16-10/h2-5,13H,6-7H2,1H3,(H,11,12). The van der Waals surface area contributed by atoms with Gasteiger partial charge in [-0.25, -0.2) is 8.42 Å². The summed E-state index contributed by atoms with van der Waals surface area (Å²) in [4.78, 5) is 6.63. The van der Waals surface area contributed by atoms with Gasteiger partial charge in [0.25, 0.3) is 10.0 Å². The maximum absolute atomic E-state index is 11.9. The SMILES string of the molecule is Cc1ccc(S(=O)(=O)NNC2=NCCS2)cc1. The topological polar surface area (TPSA) is 70.6 Å². The number of hydrogen-bond acceptors (Lipinski definition) is 5. The van der Waals surface area contributed by atoms with Gasteiger partial charge in [0.2, 0.25) is 0 Å². The Balaban J connectivity index is 2.05. The van der Waals surface area contributed by atoms with E-state index in [0.717, 1.165) is 17.9 Å². The molecule has 2 rings (SSSR count). The molecule has 0 saturated carbocycles. The van der Waals surface area contributed by atoms with Crippen LogP contribution in [0.1, 0.15) is 5.56 Å². The first kappa shape index (κ1) is 12.4. The summed E-state index contributed by atoms with van der Waals surface area (Å²) in [6.45, 7) is 2.63. The summed E-state index contributed by atoms with van der Waals surface area (Å²) in [5.41, 5.74) is 3.63. The molecule has 0 atom stereocenters. The van der Waals surface area contributed by atoms with Crippen LogP contribution in [0.5, 0.6) is 0 Å². The van der Waals surface area contributed by atoms with Crippen LogP contribution in [0.3, 0.4) is 0 Å². The van der Waals surface area contributed by atoms with E-state index in [9.17, 15) is 8.42 Å². The third-order valence-corrected chi connectivity index (χ3v) is 4.36. The van der Waals surface area contributed by atoms with Gasteiger partial charge in [-0.15, -0.1) is 4.83 Å². The second-order valence-corrected chi connectivity index (χ2v) is 6.34. The molecule has 5 nitrogen and oxygen atoms in total. The number of hydrogen-bond donors (Lipinski definition) is 2. The highest BCUT2D eigenvalue weighted by Gasteiger charge is 2.15. The van der Waals surface area contributed by atoms with Crippen molar-refractivity contribution < 1.29 is 8.42 Å². The first-order valence-corrected chi connectivity index (χ1v) is 7.56. The van der Waals surface area contributed by atoms with Gasteiger partial charge in [0.1, 0.15) is 0 Å². The summed E-state index contributed by atoms with van der Waals surface area (Å²) < 4.78 is 23.7. The Hall–Kier alpha value is -1.05. The Morgan fingerprint density at radius 1 is 1.29 bits per heavy atom. The number of nitrogens with zero attached hydrogens (tertiary/aromatic N) is 1. The maximum atomic E-state index is 11.9. The molecule has 0 amide bonds. The first-order valence-electron chi connectivity index (χ1n) is 5.10. The van der Waals surface area contributed by atoms with Gasteiger partial charge in [0.15, 0.2) is 5.17 Å². The van der Waals surface area contributed by atoms with Gasteiger partial charge in [0.05, 0.1) is 11.4 Å². The van der Waals surface area contributed by atoms with E-state index in [2.05, 4.69) is 15.2 Å². The van der Waals surface area contributed by atoms with Crippen LogP contribution in [0.2, 0.25) is 0 Å². The van der Waals surface area contributed by atoms with Crippen molar-refractivity contribution in [2.45, 2.75) is 11.8 Å². The van der Waals surface area contributed by atoms with Crippen LogP contribution < -0.4 is 10.3 Å². The van der Waals surface area contributed by atoms with Crippen molar-refractivity contribution in [3.05, 3.63) is 29.8 Å². The number of sulfonamides is 1. The second-order valence-electron chi connectivity index (χ2n) is 3.58. The molecule has 0 saturated heterocycles. The monoisotopic (exact) mass is 271 g/mol. The van der Waals surface area contributed by atoms with Gasteiger partial charge in [-0.1, -0.05) is 29.5 Å². The number of benzene rings is 1. The molecule has 1 aromatic carbocycles. The van der Waals surface area contributed by atoms with E-state index in [1.54, 1.807) is 24.3 Å². The fraction of sp³-hybridized carbons (Fsp3) is 0.300. The zero-order valence-corrected chi connectivity index (χ0v) is 10.9. The lowest BCUT2D eigenvalue weighted by Gasteiger charge is -2.08. The normalized spacial score (nSPS) is 15.7. The number of thioether (sulfide) groups is 1. The van der Waals surface area contributed by atoms with Crippen LogP contribution in [0.4, 0.5) is 0 Å². The van der Waals surface area contributed by atoms with Gasteiger partial charge in [0, 0.05) is 5.75 Å². The predicted octanol–water partition coefficient (Wildman–Crippen LogP) is 0.881. The van der Waals surface area contributed by atoms with Gasteiger partial charge < -0.3 is 0 Å². The molecule has 7 heteroatoms. The molecule has 17 heavy (non-hydrogen) atoms. The highest BCUT2D eigenvalue weighted by Crippen LogP contribution is 2.11. The van der Waals surface area contributed by atoms with Gasteiger partial charge in [-0.2, -0.15) is 0 Å². The number of aliphatic imine (C=N–C) groups is 1. The lowest BCUT2D eigenvalue weighted by atomic mass is 10.2. The molecule has 1 aliphatic rings. The van der Waals surface area contributed by atoms with Crippen LogP contribution in [0.25, 0.3) is 0 Å². The van der Waals surface area contributed by atoms with Crippen LogP contribution in [-0.4, -0.2) is 25.9 Å². The Morgan fingerprint density at radius 2 is 2.00 bits per heavy atom. The van der Waals surface area contributed by atoms with Crippen LogP contribution >= 0.6 is 11.8 Å². The zero-order valence-electron chi connectivity index (χ0n) is 9.30. The fourth-order valence-electron chi connectivity index (χ4n) is 1.30. The van der Waals surface area contributed by atoms with Gasteiger partial charge >= 0.3 is 0 Å². The summed E-state index contributed by atoms with van der Waals surface area (Å²) >= 11 is 1.49. The van der Waals surface area contributed by atoms with Crippen molar-refractivity contribution in [2.75, 3.05) is 12.3 Å². The van der Waals surface area contributed by atoms with E-state index >= 15 is 0 Å². The molecule has 0 radical (unpaired) electrons. The Morgan fingerprint density at radius 3 is 2.59 bits per heavy atom. The minimum atomic E-state index is -3.52. The van der Waals surface area contributed by atoms with Crippen molar-refractivity contribution in [1.29, 1.82) is 0 Å². The highest BCUT2D eigenvalue weighted by molar-refractivity contribution is 8.14. The van der Waals surface area contributed by atoms with Gasteiger partial charge in [-0.05, 0) is 19.1 Å². The largest absolute Gasteiger partial charge is 0.287 e. The Labute approximate surface area is 105 Å². The van der Waals surface area contributed by atoms with E-state index < -0.39 is 10.0 Å². The number of amidine groups is 1. The Kier molecular flexibility index (Phi) is 3.70. The van der Waals surface area contributed by atoms with Crippen molar-refractivity contribution >= 4 is 27.0 Å². The highest BCUT2D eigenvalue weighted by atomic mass is 32.2. The molecule has 0 aliphatic carbocycles. The molecular weight excluding hydrogens is 258 g/mol. The minimum Gasteiger partial charge on any atom is -0.287 e. The number of aryl methyl sites for hydroxylation is 1. The molecule has 0 bridgehead atoms. The van der Waals surface area contributed by atoms with E-state index in [1.807, 2.05) is 6.92 Å². The summed E-state index contributed by atoms with van der Waals surface area (Å²) in [5, 5.41) is 0.612. The Bertz CT molecular complexity index is 523. The summed E-state index contributed by atoms with van der Waals surface area (Å²) in [5.74, 6) is 0.884. The maximum Gasteiger partial charge on any atom is 0.257 e. The van der Waals surface area contributed by atoms with Crippen LogP contribution in [-0.2, 0) is 10.0 Å². The third-order valence-electron chi connectivity index (χ3n) is 2.21. The van der Waals surface area contributed by atoms with Crippen molar-refractivity contribution in [2.24, 2.45) is 4.99 Å². The van der Waals surface area contributed by atoms with E-state index in [-0.39, 0.29) is 4.90 Å². The minimum absolute atomic E-state index is 0.235. The summed E-state index contributed by atoms with van der Waals surface area (Å²) in [6, 6.07) is 6.67. The second kappa shape index (κ2) is 5.07. The average molecular weight is 271 g/mol. The lowest BCUT2D eigenvalue weighted by Crippen LogP contribution is -2.39. The molecule has 0 aromatic heterocycles. The predicted molar refractivity (Wildman–Crippen MR) is 69.4 cm³/mol. The van der Waals surface area contributed by atoms with Gasteiger partial charge in [-0.3, -0.25) is 10.4 Å². The zero-order chi connectivity index (χ0) is 12.3. The molecular formula is C10H13N3O2S2. The fourth-order valence-corrected chi connectivity index (χ4v) is 2.89. The first-order chi connectivity index (χ1) is 8.08. The van der Waals surface area contributed by atoms with E-state index in [4.69, 9.17) is 0 Å². The summed E-state index contributed by atoms with van der Waals surface area (Å²) in [7, 11) is -3.52. The molecule has 1 aromatic rings. The molecule has 92 valence electrons. The molecule has 0 spiro atoms. The lowest BCUT2D eigenvalue weighted by molar-refractivity contribution is 0.578. The van der Waals surface area contributed by atoms with E-state index in [0.29, 0.717) is 5.17 Å². The van der Waals surface area contributed by atoms with Crippen LogP contribution in [0.15, 0.2) is 34.2 Å². The van der Waals surface area contributed by atoms with Crippen molar-refractivity contribution in [1.82, 2.24) is 10.3 Å². The number of hydrazine groups is 1. The smallest absolute Gasteiger partial charge is 0.257 e. The molecule has 1 heterocycles. The third kappa shape index (κ3) is 3.21. The molecule has 2 N–H and O–H groups in total. The quantitative estimate of drug-likeness (QED) is 0.801. The van der Waals surface area contributed by atoms with E-state index in [1.165, 1.54) is 11.8 Å². The average Bonchev–Trinajstić information content (AvgIpc) is 2.80. The molecule has 1 aliphatic heterocycles. The number of nitrogens with one attached hydrogen (secondary N) is 2. The molecule has 0 unspecified atom stereocenters. The van der Waals surface area contributed by atoms with Crippen LogP contribution in [0, 0.1) is 6.92 Å². The van der Waals surface area contributed by atoms with Crippen molar-refractivity contribution in [3.63, 3.8) is 0 Å². The summed E-state index contributed by atoms with van der Waals surface area (Å²) in [6.07, 6.45) is 0. The van der Waals surface area contributed by atoms with Crippen molar-refractivity contribution in [3.8, 4) is 0 Å². The number of rotatable bonds is 3.